The quantitative estimate of drug-likeness (QED) is 0.400. The molecule has 0 unspecified atom stereocenters. The van der Waals surface area contributed by atoms with Crippen LogP contribution in [0, 0.1) is 17.8 Å². The third kappa shape index (κ3) is 11.6. The lowest BCUT2D eigenvalue weighted by molar-refractivity contribution is -0.164. The van der Waals surface area contributed by atoms with Crippen LogP contribution in [0.3, 0.4) is 0 Å². The summed E-state index contributed by atoms with van der Waals surface area (Å²) in [6, 6.07) is 9.45. The Morgan fingerprint density at radius 3 is 2.19 bits per heavy atom. The van der Waals surface area contributed by atoms with Crippen LogP contribution in [0.1, 0.15) is 53.0 Å². The Kier molecular flexibility index (Phi) is 10.2. The number of esters is 1. The molecule has 0 saturated carbocycles. The van der Waals surface area contributed by atoms with Crippen molar-refractivity contribution in [3.8, 4) is 0 Å². The van der Waals surface area contributed by atoms with Crippen LogP contribution in [0.2, 0.25) is 0 Å². The van der Waals surface area contributed by atoms with E-state index in [1.54, 1.807) is 26.8 Å². The van der Waals surface area contributed by atoms with E-state index in [4.69, 9.17) is 4.74 Å². The van der Waals surface area contributed by atoms with Crippen LogP contribution >= 0.6 is 0 Å². The van der Waals surface area contributed by atoms with Crippen LogP contribution in [0.15, 0.2) is 36.4 Å². The van der Waals surface area contributed by atoms with Crippen LogP contribution < -0.4 is 10.9 Å². The largest absolute Gasteiger partial charge is 0.460 e. The van der Waals surface area contributed by atoms with Gasteiger partial charge in [0, 0.05) is 0 Å². The molecule has 0 aliphatic carbocycles. The summed E-state index contributed by atoms with van der Waals surface area (Å²) < 4.78 is 42.8. The number of benzene rings is 1. The first-order valence-electron chi connectivity index (χ1n) is 10.3. The molecular formula is C23H33F3N2O3. The second-order valence-electron chi connectivity index (χ2n) is 8.88. The van der Waals surface area contributed by atoms with Crippen LogP contribution in [-0.4, -0.2) is 30.2 Å². The van der Waals surface area contributed by atoms with Crippen molar-refractivity contribution in [2.45, 2.75) is 59.2 Å². The number of allylic oxidation sites excluding steroid dienone is 1. The first-order chi connectivity index (χ1) is 14.3. The number of amides is 1. The highest BCUT2D eigenvalue weighted by Gasteiger charge is 2.36. The van der Waals surface area contributed by atoms with Crippen molar-refractivity contribution in [2.24, 2.45) is 17.8 Å². The van der Waals surface area contributed by atoms with Crippen molar-refractivity contribution in [1.82, 2.24) is 10.9 Å². The van der Waals surface area contributed by atoms with Crippen molar-refractivity contribution >= 4 is 18.0 Å². The van der Waals surface area contributed by atoms with E-state index < -0.39 is 42.0 Å². The molecule has 0 aliphatic rings. The van der Waals surface area contributed by atoms with Crippen molar-refractivity contribution < 1.29 is 27.5 Å². The van der Waals surface area contributed by atoms with E-state index in [1.165, 1.54) is 0 Å². The topological polar surface area (TPSA) is 67.4 Å². The fourth-order valence-corrected chi connectivity index (χ4v) is 3.00. The summed E-state index contributed by atoms with van der Waals surface area (Å²) in [6.07, 6.45) is -0.308. The Hall–Kier alpha value is -2.35. The Morgan fingerprint density at radius 2 is 1.68 bits per heavy atom. The minimum atomic E-state index is -4.47. The number of halogens is 3. The van der Waals surface area contributed by atoms with E-state index in [9.17, 15) is 22.8 Å². The number of nitrogens with one attached hydrogen (secondary N) is 2. The average Bonchev–Trinajstić information content (AvgIpc) is 2.61. The Labute approximate surface area is 182 Å². The van der Waals surface area contributed by atoms with Gasteiger partial charge in [-0.3, -0.25) is 15.0 Å². The molecule has 1 rings (SSSR count). The fraction of sp³-hybridized carbons (Fsp3) is 0.565. The van der Waals surface area contributed by atoms with E-state index in [0.29, 0.717) is 6.42 Å². The Balaban J connectivity index is 3.06. The highest BCUT2D eigenvalue weighted by Crippen LogP contribution is 2.28. The van der Waals surface area contributed by atoms with Crippen molar-refractivity contribution in [3.63, 3.8) is 0 Å². The second kappa shape index (κ2) is 11.9. The molecule has 0 fully saturated rings. The van der Waals surface area contributed by atoms with E-state index in [-0.39, 0.29) is 12.3 Å². The fourth-order valence-electron chi connectivity index (χ4n) is 3.00. The van der Waals surface area contributed by atoms with Gasteiger partial charge in [0.05, 0.1) is 11.8 Å². The van der Waals surface area contributed by atoms with Crippen LogP contribution in [0.25, 0.3) is 6.08 Å². The van der Waals surface area contributed by atoms with Crippen LogP contribution in [-0.2, 0) is 14.3 Å². The van der Waals surface area contributed by atoms with Crippen molar-refractivity contribution in [2.75, 3.05) is 6.54 Å². The molecule has 8 heteroatoms. The molecule has 5 nitrogen and oxygen atoms in total. The first-order valence-corrected chi connectivity index (χ1v) is 10.3. The van der Waals surface area contributed by atoms with Gasteiger partial charge in [-0.25, -0.2) is 5.43 Å². The number of ether oxygens (including phenoxy) is 1. The molecule has 0 bridgehead atoms. The first kappa shape index (κ1) is 26.7. The normalized spacial score (nSPS) is 14.5. The van der Waals surface area contributed by atoms with Gasteiger partial charge in [0.15, 0.2) is 0 Å². The summed E-state index contributed by atoms with van der Waals surface area (Å²) in [5, 5.41) is 0. The van der Waals surface area contributed by atoms with Gasteiger partial charge in [0.25, 0.3) is 0 Å². The SMILES string of the molecule is CC(C)C[C@@H](C(=O)NNCC(F)(F)F)[C@H](C/C=C/c1ccccc1)C(=O)OC(C)(C)C. The van der Waals surface area contributed by atoms with Gasteiger partial charge < -0.3 is 4.74 Å². The van der Waals surface area contributed by atoms with Gasteiger partial charge in [0.1, 0.15) is 12.1 Å². The molecule has 31 heavy (non-hydrogen) atoms. The molecule has 1 aromatic rings. The molecule has 0 aliphatic heterocycles. The predicted molar refractivity (Wildman–Crippen MR) is 115 cm³/mol. The number of hydrogen-bond donors (Lipinski definition) is 2. The lowest BCUT2D eigenvalue weighted by atomic mass is 9.82. The molecule has 174 valence electrons. The second-order valence-corrected chi connectivity index (χ2v) is 8.88. The molecule has 1 aromatic carbocycles. The van der Waals surface area contributed by atoms with Crippen molar-refractivity contribution in [3.05, 3.63) is 42.0 Å². The molecule has 2 N–H and O–H groups in total. The summed E-state index contributed by atoms with van der Waals surface area (Å²) in [5.41, 5.74) is 4.19. The molecule has 0 saturated heterocycles. The van der Waals surface area contributed by atoms with E-state index in [0.717, 1.165) is 5.56 Å². The number of rotatable bonds is 10. The lowest BCUT2D eigenvalue weighted by Gasteiger charge is -2.29. The molecule has 0 radical (unpaired) electrons. The van der Waals surface area contributed by atoms with Gasteiger partial charge in [-0.15, -0.1) is 0 Å². The molecule has 2 atom stereocenters. The third-order valence-electron chi connectivity index (χ3n) is 4.26. The van der Waals surface area contributed by atoms with Crippen molar-refractivity contribution in [1.29, 1.82) is 0 Å². The monoisotopic (exact) mass is 442 g/mol. The van der Waals surface area contributed by atoms with E-state index >= 15 is 0 Å². The highest BCUT2D eigenvalue weighted by atomic mass is 19.4. The maximum Gasteiger partial charge on any atom is 0.402 e. The van der Waals surface area contributed by atoms with Crippen LogP contribution in [0.4, 0.5) is 13.2 Å². The number of alkyl halides is 3. The summed E-state index contributed by atoms with van der Waals surface area (Å²) in [4.78, 5) is 25.7. The van der Waals surface area contributed by atoms with Gasteiger partial charge in [0.2, 0.25) is 5.91 Å². The zero-order valence-electron chi connectivity index (χ0n) is 18.8. The van der Waals surface area contributed by atoms with Crippen LogP contribution in [0.5, 0.6) is 0 Å². The van der Waals surface area contributed by atoms with Gasteiger partial charge >= 0.3 is 12.1 Å². The van der Waals surface area contributed by atoms with Gasteiger partial charge in [-0.05, 0) is 45.1 Å². The molecular weight excluding hydrogens is 409 g/mol. The molecule has 1 amide bonds. The smallest absolute Gasteiger partial charge is 0.402 e. The molecule has 0 aromatic heterocycles. The predicted octanol–water partition coefficient (Wildman–Crippen LogP) is 4.89. The average molecular weight is 443 g/mol. The molecule has 0 heterocycles. The van der Waals surface area contributed by atoms with E-state index in [1.807, 2.05) is 55.7 Å². The van der Waals surface area contributed by atoms with E-state index in [2.05, 4.69) is 5.43 Å². The standard InChI is InChI=1S/C23H33F3N2O3/c1-16(2)14-19(20(29)28-27-15-23(24,25)26)18(21(30)31-22(3,4)5)13-9-12-17-10-7-6-8-11-17/h6-12,16,18-19,27H,13-15H2,1-5H3,(H,28,29)/b12-9+/t18-,19+/m0/s1. The minimum absolute atomic E-state index is 0.0430. The summed E-state index contributed by atoms with van der Waals surface area (Å²) in [6.45, 7) is 7.58. The zero-order valence-corrected chi connectivity index (χ0v) is 18.8. The maximum atomic E-state index is 12.9. The third-order valence-corrected chi connectivity index (χ3v) is 4.26. The zero-order chi connectivity index (χ0) is 23.7. The lowest BCUT2D eigenvalue weighted by Crippen LogP contribution is -2.48. The maximum absolute atomic E-state index is 12.9. The summed E-state index contributed by atoms with van der Waals surface area (Å²) in [7, 11) is 0. The minimum Gasteiger partial charge on any atom is -0.460 e. The van der Waals surface area contributed by atoms with Gasteiger partial charge in [-0.2, -0.15) is 13.2 Å². The number of hydrogen-bond acceptors (Lipinski definition) is 4. The van der Waals surface area contributed by atoms with Gasteiger partial charge in [-0.1, -0.05) is 56.3 Å². The number of carbonyl (C=O) groups is 2. The summed E-state index contributed by atoms with van der Waals surface area (Å²) in [5.74, 6) is -2.87. The molecule has 0 spiro atoms. The Bertz CT molecular complexity index is 726. The number of hydrazine groups is 1. The number of carbonyl (C=O) groups excluding carboxylic acids is 2. The highest BCUT2D eigenvalue weighted by molar-refractivity contribution is 5.85. The Morgan fingerprint density at radius 1 is 1.06 bits per heavy atom. The summed E-state index contributed by atoms with van der Waals surface area (Å²) >= 11 is 0.